The molecule has 6 nitrogen and oxygen atoms in total. The molecule has 3 heterocycles. The molecule has 0 unspecified atom stereocenters. The highest BCUT2D eigenvalue weighted by molar-refractivity contribution is 7.10. The van der Waals surface area contributed by atoms with E-state index in [-0.39, 0.29) is 11.9 Å². The van der Waals surface area contributed by atoms with Gasteiger partial charge >= 0.3 is 0 Å². The van der Waals surface area contributed by atoms with Crippen LogP contribution in [0.2, 0.25) is 5.02 Å². The van der Waals surface area contributed by atoms with Crippen molar-refractivity contribution in [1.29, 1.82) is 0 Å². The third-order valence-electron chi connectivity index (χ3n) is 5.95. The minimum absolute atomic E-state index is 0.0156. The van der Waals surface area contributed by atoms with Gasteiger partial charge in [-0.2, -0.15) is 0 Å². The third kappa shape index (κ3) is 5.30. The molecule has 1 aliphatic heterocycles. The summed E-state index contributed by atoms with van der Waals surface area (Å²) in [6, 6.07) is 18.8. The molecule has 170 valence electrons. The zero-order valence-electron chi connectivity index (χ0n) is 18.0. The van der Waals surface area contributed by atoms with Gasteiger partial charge in [-0.1, -0.05) is 41.9 Å². The maximum Gasteiger partial charge on any atom is 0.174 e. The molecule has 2 aromatic heterocycles. The normalized spacial score (nSPS) is 16.2. The number of piperazine rings is 1. The summed E-state index contributed by atoms with van der Waals surface area (Å²) in [4.78, 5) is 6.14. The molecule has 33 heavy (non-hydrogen) atoms. The first-order chi connectivity index (χ1) is 16.2. The van der Waals surface area contributed by atoms with Crippen LogP contribution in [0.5, 0.6) is 0 Å². The Balaban J connectivity index is 1.32. The van der Waals surface area contributed by atoms with Gasteiger partial charge in [0, 0.05) is 42.6 Å². The van der Waals surface area contributed by atoms with Crippen molar-refractivity contribution in [1.82, 2.24) is 30.0 Å². The molecule has 0 spiro atoms. The molecule has 9 heteroatoms. The van der Waals surface area contributed by atoms with Crippen molar-refractivity contribution < 1.29 is 4.39 Å². The quantitative estimate of drug-likeness (QED) is 0.388. The lowest BCUT2D eigenvalue weighted by Crippen LogP contribution is -2.47. The van der Waals surface area contributed by atoms with Crippen LogP contribution in [-0.2, 0) is 13.1 Å². The molecular weight excluding hydrogens is 459 g/mol. The van der Waals surface area contributed by atoms with Crippen LogP contribution in [0.25, 0.3) is 0 Å². The van der Waals surface area contributed by atoms with Crippen LogP contribution in [0.4, 0.5) is 4.39 Å². The Morgan fingerprint density at radius 3 is 2.30 bits per heavy atom. The zero-order valence-corrected chi connectivity index (χ0v) is 19.6. The van der Waals surface area contributed by atoms with Crippen molar-refractivity contribution in [2.24, 2.45) is 0 Å². The highest BCUT2D eigenvalue weighted by atomic mass is 35.5. The van der Waals surface area contributed by atoms with Gasteiger partial charge in [0.25, 0.3) is 0 Å². The fourth-order valence-corrected chi connectivity index (χ4v) is 5.21. The SMILES string of the molecule is Fc1ccc(Cn2nnnc2[C@@H](c2cccs2)N2CCN(Cc3ccc(Cl)cc3)CC2)cc1. The second-order valence-electron chi connectivity index (χ2n) is 8.18. The molecule has 1 aliphatic rings. The van der Waals surface area contributed by atoms with Gasteiger partial charge < -0.3 is 0 Å². The Morgan fingerprint density at radius 1 is 0.909 bits per heavy atom. The van der Waals surface area contributed by atoms with Gasteiger partial charge in [-0.15, -0.1) is 16.4 Å². The Labute approximate surface area is 201 Å². The minimum Gasteiger partial charge on any atom is -0.297 e. The summed E-state index contributed by atoms with van der Waals surface area (Å²) in [6.07, 6.45) is 0. The van der Waals surface area contributed by atoms with E-state index in [0.717, 1.165) is 49.1 Å². The molecule has 5 rings (SSSR count). The Hall–Kier alpha value is -2.65. The van der Waals surface area contributed by atoms with Crippen molar-refractivity contribution in [2.75, 3.05) is 26.2 Å². The number of benzene rings is 2. The summed E-state index contributed by atoms with van der Waals surface area (Å²) in [7, 11) is 0. The van der Waals surface area contributed by atoms with Gasteiger partial charge in [-0.25, -0.2) is 9.07 Å². The molecule has 2 aromatic carbocycles. The van der Waals surface area contributed by atoms with Crippen LogP contribution in [0, 0.1) is 5.82 Å². The van der Waals surface area contributed by atoms with Gasteiger partial charge in [0.2, 0.25) is 0 Å². The predicted molar refractivity (Wildman–Crippen MR) is 128 cm³/mol. The molecule has 1 fully saturated rings. The molecule has 0 saturated carbocycles. The van der Waals surface area contributed by atoms with E-state index in [2.05, 4.69) is 55.0 Å². The van der Waals surface area contributed by atoms with Crippen molar-refractivity contribution in [3.05, 3.63) is 98.7 Å². The Kier molecular flexibility index (Phi) is 6.78. The number of rotatable bonds is 7. The molecule has 0 radical (unpaired) electrons. The predicted octanol–water partition coefficient (Wildman–Crippen LogP) is 4.48. The van der Waals surface area contributed by atoms with Gasteiger partial charge in [-0.05, 0) is 57.3 Å². The molecule has 1 atom stereocenters. The maximum absolute atomic E-state index is 13.3. The number of nitrogens with zero attached hydrogens (tertiary/aromatic N) is 6. The van der Waals surface area contributed by atoms with Crippen molar-refractivity contribution in [3.8, 4) is 0 Å². The molecule has 0 bridgehead atoms. The Bertz CT molecular complexity index is 1150. The van der Waals surface area contributed by atoms with Gasteiger partial charge in [-0.3, -0.25) is 9.80 Å². The number of tetrazole rings is 1. The van der Waals surface area contributed by atoms with Crippen LogP contribution < -0.4 is 0 Å². The lowest BCUT2D eigenvalue weighted by molar-refractivity contribution is 0.101. The van der Waals surface area contributed by atoms with E-state index < -0.39 is 0 Å². The number of halogens is 2. The second kappa shape index (κ2) is 10.1. The van der Waals surface area contributed by atoms with Crippen molar-refractivity contribution in [2.45, 2.75) is 19.1 Å². The Morgan fingerprint density at radius 2 is 1.61 bits per heavy atom. The van der Waals surface area contributed by atoms with E-state index in [4.69, 9.17) is 11.6 Å². The lowest BCUT2D eigenvalue weighted by Gasteiger charge is -2.38. The molecule has 4 aromatic rings. The first kappa shape index (κ1) is 22.2. The number of hydrogen-bond acceptors (Lipinski definition) is 6. The minimum atomic E-state index is -0.247. The van der Waals surface area contributed by atoms with Crippen LogP contribution in [0.15, 0.2) is 66.0 Å². The summed E-state index contributed by atoms with van der Waals surface area (Å²) in [5, 5.41) is 15.5. The number of hydrogen-bond donors (Lipinski definition) is 0. The standard InChI is InChI=1S/C24H24ClFN6S/c25-20-7-3-18(4-8-20)16-30-11-13-31(14-12-30)23(22-2-1-15-33-22)24-27-28-29-32(24)17-19-5-9-21(26)10-6-19/h1-10,15,23H,11-14,16-17H2/t23-/m1/s1. The molecule has 0 amide bonds. The van der Waals surface area contributed by atoms with Crippen LogP contribution in [0.3, 0.4) is 0 Å². The molecular formula is C24H24ClFN6S. The van der Waals surface area contributed by atoms with Crippen molar-refractivity contribution in [3.63, 3.8) is 0 Å². The fourth-order valence-electron chi connectivity index (χ4n) is 4.23. The average molecular weight is 483 g/mol. The molecule has 1 saturated heterocycles. The number of aromatic nitrogens is 4. The zero-order chi connectivity index (χ0) is 22.6. The summed E-state index contributed by atoms with van der Waals surface area (Å²) in [5.41, 5.74) is 2.23. The monoisotopic (exact) mass is 482 g/mol. The van der Waals surface area contributed by atoms with Gasteiger partial charge in [0.15, 0.2) is 5.82 Å². The summed E-state index contributed by atoms with van der Waals surface area (Å²) < 4.78 is 15.2. The lowest BCUT2D eigenvalue weighted by atomic mass is 10.1. The van der Waals surface area contributed by atoms with E-state index in [0.29, 0.717) is 6.54 Å². The topological polar surface area (TPSA) is 50.1 Å². The highest BCUT2D eigenvalue weighted by Crippen LogP contribution is 2.31. The first-order valence-electron chi connectivity index (χ1n) is 10.9. The third-order valence-corrected chi connectivity index (χ3v) is 7.13. The largest absolute Gasteiger partial charge is 0.297 e. The van der Waals surface area contributed by atoms with Crippen LogP contribution >= 0.6 is 22.9 Å². The summed E-state index contributed by atoms with van der Waals surface area (Å²) in [5.74, 6) is 0.566. The summed E-state index contributed by atoms with van der Waals surface area (Å²) >= 11 is 7.74. The van der Waals surface area contributed by atoms with Crippen LogP contribution in [-0.4, -0.2) is 56.2 Å². The number of thiophene rings is 1. The smallest absolute Gasteiger partial charge is 0.174 e. The fraction of sp³-hybridized carbons (Fsp3) is 0.292. The van der Waals surface area contributed by atoms with Crippen LogP contribution in [0.1, 0.15) is 27.9 Å². The molecule has 0 N–H and O–H groups in total. The average Bonchev–Trinajstić information content (AvgIpc) is 3.52. The second-order valence-corrected chi connectivity index (χ2v) is 9.59. The van der Waals surface area contributed by atoms with E-state index in [9.17, 15) is 4.39 Å². The van der Waals surface area contributed by atoms with Crippen molar-refractivity contribution >= 4 is 22.9 Å². The van der Waals surface area contributed by atoms with Gasteiger partial charge in [0.05, 0.1) is 6.54 Å². The van der Waals surface area contributed by atoms with E-state index in [1.165, 1.54) is 22.6 Å². The summed E-state index contributed by atoms with van der Waals surface area (Å²) in [6.45, 7) is 5.17. The van der Waals surface area contributed by atoms with Gasteiger partial charge in [0.1, 0.15) is 11.9 Å². The highest BCUT2D eigenvalue weighted by Gasteiger charge is 2.31. The first-order valence-corrected chi connectivity index (χ1v) is 12.2. The van der Waals surface area contributed by atoms with E-state index in [1.807, 2.05) is 16.8 Å². The van der Waals surface area contributed by atoms with E-state index in [1.54, 1.807) is 23.5 Å². The molecule has 0 aliphatic carbocycles. The van der Waals surface area contributed by atoms with E-state index >= 15 is 0 Å². The maximum atomic E-state index is 13.3.